The van der Waals surface area contributed by atoms with Crippen LogP contribution in [0.15, 0.2) is 57.7 Å². The summed E-state index contributed by atoms with van der Waals surface area (Å²) in [5, 5.41) is 31.0. The van der Waals surface area contributed by atoms with Crippen LogP contribution < -0.4 is 20.8 Å². The molecule has 10 nitrogen and oxygen atoms in total. The number of fused-ring (bicyclic) bond motifs is 1. The monoisotopic (exact) mass is 485 g/mol. The number of nitrogens with two attached hydrogens (primary N) is 1. The second-order valence-electron chi connectivity index (χ2n) is 8.48. The zero-order valence-electron chi connectivity index (χ0n) is 19.0. The normalized spacial score (nSPS) is 24.3. The minimum absolute atomic E-state index is 0.176. The maximum absolute atomic E-state index is 11.9. The van der Waals surface area contributed by atoms with Crippen molar-refractivity contribution in [1.82, 2.24) is 0 Å². The standard InChI is InChI=1S/C25H27NO9/c1-13-7-22(29)33-17-10-18(32-12-14-5-3-2-4-6-14)19(8-15(13)17)34-25-16(9-21(26)28)23(30)24(31)20(11-27)35-25/h2-8,10,16,20,23-25,27,30-31H,9,11-12H2,1H3,(H2,26,28)/t16-,20+,23+,24+,25+/m0/s1. The third-order valence-corrected chi connectivity index (χ3v) is 5.94. The molecule has 0 unspecified atom stereocenters. The van der Waals surface area contributed by atoms with Gasteiger partial charge < -0.3 is 39.7 Å². The molecular formula is C25H27NO9. The Kier molecular flexibility index (Phi) is 7.37. The Labute approximate surface area is 200 Å². The first-order chi connectivity index (χ1) is 16.8. The van der Waals surface area contributed by atoms with E-state index in [1.165, 1.54) is 12.1 Å². The first-order valence-corrected chi connectivity index (χ1v) is 11.1. The van der Waals surface area contributed by atoms with E-state index < -0.39 is 48.7 Å². The Morgan fingerprint density at radius 3 is 2.51 bits per heavy atom. The fourth-order valence-electron chi connectivity index (χ4n) is 4.09. The number of carbonyl (C=O) groups is 1. The predicted molar refractivity (Wildman–Crippen MR) is 124 cm³/mol. The molecule has 1 aliphatic rings. The molecule has 5 atom stereocenters. The van der Waals surface area contributed by atoms with Gasteiger partial charge in [0.15, 0.2) is 11.5 Å². The Morgan fingerprint density at radius 1 is 1.09 bits per heavy atom. The molecule has 1 fully saturated rings. The Balaban J connectivity index is 1.73. The molecule has 2 aromatic carbocycles. The van der Waals surface area contributed by atoms with Crippen molar-refractivity contribution < 1.29 is 38.7 Å². The summed E-state index contributed by atoms with van der Waals surface area (Å²) in [6.45, 7) is 1.33. The van der Waals surface area contributed by atoms with Crippen molar-refractivity contribution in [2.24, 2.45) is 11.7 Å². The first-order valence-electron chi connectivity index (χ1n) is 11.1. The minimum atomic E-state index is -1.44. The average Bonchev–Trinajstić information content (AvgIpc) is 2.83. The summed E-state index contributed by atoms with van der Waals surface area (Å²) in [6, 6.07) is 13.8. The van der Waals surface area contributed by atoms with Crippen molar-refractivity contribution in [3.05, 3.63) is 70.1 Å². The van der Waals surface area contributed by atoms with Gasteiger partial charge in [0.1, 0.15) is 24.4 Å². The summed E-state index contributed by atoms with van der Waals surface area (Å²) in [7, 11) is 0. The molecule has 35 heavy (non-hydrogen) atoms. The van der Waals surface area contributed by atoms with Gasteiger partial charge in [-0.25, -0.2) is 4.79 Å². The molecule has 5 N–H and O–H groups in total. The van der Waals surface area contributed by atoms with Crippen molar-refractivity contribution in [3.63, 3.8) is 0 Å². The molecule has 0 spiro atoms. The molecule has 0 radical (unpaired) electrons. The smallest absolute Gasteiger partial charge is 0.336 e. The molecule has 10 heteroatoms. The van der Waals surface area contributed by atoms with Gasteiger partial charge >= 0.3 is 5.63 Å². The van der Waals surface area contributed by atoms with E-state index in [-0.39, 0.29) is 30.1 Å². The maximum atomic E-state index is 11.9. The molecule has 1 aromatic heterocycles. The zero-order chi connectivity index (χ0) is 25.1. The Morgan fingerprint density at radius 2 is 1.83 bits per heavy atom. The summed E-state index contributed by atoms with van der Waals surface area (Å²) < 4.78 is 23.1. The number of aliphatic hydroxyl groups is 3. The van der Waals surface area contributed by atoms with Gasteiger partial charge in [0.05, 0.1) is 18.6 Å². The zero-order valence-corrected chi connectivity index (χ0v) is 19.0. The lowest BCUT2D eigenvalue weighted by Gasteiger charge is -2.41. The van der Waals surface area contributed by atoms with Crippen LogP contribution in [0.25, 0.3) is 11.0 Å². The van der Waals surface area contributed by atoms with Crippen LogP contribution in [0.5, 0.6) is 11.5 Å². The van der Waals surface area contributed by atoms with Gasteiger partial charge in [0.2, 0.25) is 12.2 Å². The van der Waals surface area contributed by atoms with E-state index in [0.29, 0.717) is 10.9 Å². The molecular weight excluding hydrogens is 458 g/mol. The van der Waals surface area contributed by atoms with E-state index in [2.05, 4.69) is 0 Å². The van der Waals surface area contributed by atoms with Crippen molar-refractivity contribution in [3.8, 4) is 11.5 Å². The van der Waals surface area contributed by atoms with Gasteiger partial charge in [-0.3, -0.25) is 4.79 Å². The lowest BCUT2D eigenvalue weighted by atomic mass is 9.88. The van der Waals surface area contributed by atoms with Crippen molar-refractivity contribution >= 4 is 16.9 Å². The molecule has 1 saturated heterocycles. The third-order valence-electron chi connectivity index (χ3n) is 5.94. The summed E-state index contributed by atoms with van der Waals surface area (Å²) in [5.74, 6) is -1.34. The predicted octanol–water partition coefficient (Wildman–Crippen LogP) is 0.990. The van der Waals surface area contributed by atoms with E-state index in [9.17, 15) is 24.9 Å². The Bertz CT molecular complexity index is 1240. The highest BCUT2D eigenvalue weighted by atomic mass is 16.7. The molecule has 0 bridgehead atoms. The lowest BCUT2D eigenvalue weighted by molar-refractivity contribution is -0.260. The average molecular weight is 485 g/mol. The third kappa shape index (κ3) is 5.46. The van der Waals surface area contributed by atoms with Gasteiger partial charge in [-0.15, -0.1) is 0 Å². The number of hydrogen-bond acceptors (Lipinski definition) is 9. The summed E-state index contributed by atoms with van der Waals surface area (Å²) in [6.07, 6.45) is -5.60. The Hall–Kier alpha value is -3.44. The van der Waals surface area contributed by atoms with E-state index in [0.717, 1.165) is 5.56 Å². The van der Waals surface area contributed by atoms with Crippen LogP contribution in [0.4, 0.5) is 0 Å². The number of amides is 1. The number of aryl methyl sites for hydroxylation is 1. The second kappa shape index (κ2) is 10.4. The molecule has 3 aromatic rings. The molecule has 0 aliphatic carbocycles. The van der Waals surface area contributed by atoms with E-state index in [4.69, 9.17) is 24.4 Å². The number of carbonyl (C=O) groups excluding carboxylic acids is 1. The fourth-order valence-corrected chi connectivity index (χ4v) is 4.09. The second-order valence-corrected chi connectivity index (χ2v) is 8.48. The number of hydrogen-bond donors (Lipinski definition) is 4. The van der Waals surface area contributed by atoms with Crippen LogP contribution in [0.1, 0.15) is 17.5 Å². The van der Waals surface area contributed by atoms with E-state index in [1.54, 1.807) is 13.0 Å². The molecule has 1 amide bonds. The van der Waals surface area contributed by atoms with Gasteiger partial charge in [0, 0.05) is 23.9 Å². The number of rotatable bonds is 8. The maximum Gasteiger partial charge on any atom is 0.336 e. The number of benzene rings is 2. The van der Waals surface area contributed by atoms with Gasteiger partial charge in [-0.2, -0.15) is 0 Å². The first kappa shape index (κ1) is 24.7. The van der Waals surface area contributed by atoms with E-state index >= 15 is 0 Å². The number of aliphatic hydroxyl groups excluding tert-OH is 3. The van der Waals surface area contributed by atoms with Gasteiger partial charge in [-0.1, -0.05) is 30.3 Å². The lowest BCUT2D eigenvalue weighted by Crippen LogP contribution is -2.57. The van der Waals surface area contributed by atoms with Crippen molar-refractivity contribution in [2.45, 2.75) is 44.6 Å². The van der Waals surface area contributed by atoms with E-state index in [1.807, 2.05) is 30.3 Å². The van der Waals surface area contributed by atoms with Crippen LogP contribution in [0, 0.1) is 12.8 Å². The SMILES string of the molecule is Cc1cc(=O)oc2cc(OCc3ccccc3)c(O[C@@H]3O[C@H](CO)[C@@H](O)[C@H](O)[C@@H]3CC(N)=O)cc12. The highest BCUT2D eigenvalue weighted by Crippen LogP contribution is 2.38. The van der Waals surface area contributed by atoms with Crippen molar-refractivity contribution in [2.75, 3.05) is 6.61 Å². The summed E-state index contributed by atoms with van der Waals surface area (Å²) in [5.41, 5.74) is 6.63. The highest BCUT2D eigenvalue weighted by molar-refractivity contribution is 5.83. The quantitative estimate of drug-likeness (QED) is 0.341. The number of primary amides is 1. The largest absolute Gasteiger partial charge is 0.485 e. The topological polar surface area (TPSA) is 162 Å². The molecule has 0 saturated carbocycles. The van der Waals surface area contributed by atoms with Crippen LogP contribution in [0.2, 0.25) is 0 Å². The van der Waals surface area contributed by atoms with Crippen LogP contribution in [-0.2, 0) is 16.1 Å². The van der Waals surface area contributed by atoms with Gasteiger partial charge in [0.25, 0.3) is 0 Å². The number of ether oxygens (including phenoxy) is 3. The van der Waals surface area contributed by atoms with Crippen LogP contribution in [0.3, 0.4) is 0 Å². The fraction of sp³-hybridized carbons (Fsp3) is 0.360. The highest BCUT2D eigenvalue weighted by Gasteiger charge is 2.46. The molecule has 1 aliphatic heterocycles. The molecule has 4 rings (SSSR count). The van der Waals surface area contributed by atoms with Gasteiger partial charge in [-0.05, 0) is 24.1 Å². The van der Waals surface area contributed by atoms with Crippen LogP contribution >= 0.6 is 0 Å². The molecule has 2 heterocycles. The minimum Gasteiger partial charge on any atom is -0.485 e. The summed E-state index contributed by atoms with van der Waals surface area (Å²) >= 11 is 0. The van der Waals surface area contributed by atoms with Crippen molar-refractivity contribution in [1.29, 1.82) is 0 Å². The van der Waals surface area contributed by atoms with Crippen LogP contribution in [-0.4, -0.2) is 52.4 Å². The molecule has 186 valence electrons. The summed E-state index contributed by atoms with van der Waals surface area (Å²) in [4.78, 5) is 23.5.